The summed E-state index contributed by atoms with van der Waals surface area (Å²) in [6, 6.07) is 3.74. The number of likely N-dealkylation sites (N-methyl/N-ethyl adjacent to an activating group) is 1. The van der Waals surface area contributed by atoms with E-state index in [0.717, 1.165) is 17.0 Å². The molecule has 0 radical (unpaired) electrons. The van der Waals surface area contributed by atoms with Crippen molar-refractivity contribution in [3.63, 3.8) is 0 Å². The molecule has 19 heavy (non-hydrogen) atoms. The minimum Gasteiger partial charge on any atom is -0.319 e. The van der Waals surface area contributed by atoms with Crippen molar-refractivity contribution in [3.8, 4) is 0 Å². The number of hydrogen-bond donors (Lipinski definition) is 1. The number of carbonyl (C=O) groups excluding carboxylic acids is 2. The van der Waals surface area contributed by atoms with Crippen LogP contribution in [0.1, 0.15) is 18.1 Å². The number of benzene rings is 1. The third kappa shape index (κ3) is 2.05. The van der Waals surface area contributed by atoms with Crippen LogP contribution in [0.4, 0.5) is 18.0 Å². The van der Waals surface area contributed by atoms with Crippen LogP contribution in [0.5, 0.6) is 0 Å². The van der Waals surface area contributed by atoms with Gasteiger partial charge >= 0.3 is 12.2 Å². The number of alkyl halides is 3. The lowest BCUT2D eigenvalue weighted by Gasteiger charge is -2.22. The van der Waals surface area contributed by atoms with Crippen LogP contribution in [0, 0.1) is 0 Å². The lowest BCUT2D eigenvalue weighted by Crippen LogP contribution is -2.40. The van der Waals surface area contributed by atoms with E-state index in [1.54, 1.807) is 0 Å². The predicted molar refractivity (Wildman–Crippen MR) is 60.1 cm³/mol. The van der Waals surface area contributed by atoms with Crippen molar-refractivity contribution >= 4 is 11.9 Å². The topological polar surface area (TPSA) is 49.4 Å². The summed E-state index contributed by atoms with van der Waals surface area (Å²) < 4.78 is 37.9. The molecular weight excluding hydrogens is 261 g/mol. The van der Waals surface area contributed by atoms with Crippen LogP contribution >= 0.6 is 0 Å². The van der Waals surface area contributed by atoms with E-state index in [4.69, 9.17) is 0 Å². The Hall–Kier alpha value is -2.05. The zero-order valence-electron chi connectivity index (χ0n) is 10.2. The monoisotopic (exact) mass is 272 g/mol. The summed E-state index contributed by atoms with van der Waals surface area (Å²) in [6.45, 7) is 1.38. The lowest BCUT2D eigenvalue weighted by molar-refractivity contribution is -0.138. The number of imide groups is 1. The molecule has 102 valence electrons. The number of nitrogens with one attached hydrogen (secondary N) is 1. The van der Waals surface area contributed by atoms with Gasteiger partial charge in [-0.25, -0.2) is 4.79 Å². The number of amides is 3. The van der Waals surface area contributed by atoms with E-state index in [0.29, 0.717) is 0 Å². The normalized spacial score (nSPS) is 23.7. The molecule has 1 unspecified atom stereocenters. The Labute approximate surface area is 107 Å². The maximum atomic E-state index is 12.6. The Morgan fingerprint density at radius 3 is 2.37 bits per heavy atom. The second-order valence-corrected chi connectivity index (χ2v) is 4.50. The van der Waals surface area contributed by atoms with Crippen LogP contribution in [0.2, 0.25) is 0 Å². The van der Waals surface area contributed by atoms with Gasteiger partial charge in [0, 0.05) is 7.05 Å². The molecule has 1 fully saturated rings. The van der Waals surface area contributed by atoms with Crippen molar-refractivity contribution in [2.24, 2.45) is 0 Å². The zero-order valence-corrected chi connectivity index (χ0v) is 10.2. The van der Waals surface area contributed by atoms with E-state index >= 15 is 0 Å². The average molecular weight is 272 g/mol. The fourth-order valence-corrected chi connectivity index (χ4v) is 1.98. The minimum atomic E-state index is -4.50. The first-order chi connectivity index (χ1) is 8.66. The third-order valence-electron chi connectivity index (χ3n) is 3.16. The molecule has 0 spiro atoms. The summed E-state index contributed by atoms with van der Waals surface area (Å²) >= 11 is 0. The summed E-state index contributed by atoms with van der Waals surface area (Å²) in [5, 5.41) is 2.39. The van der Waals surface area contributed by atoms with Crippen molar-refractivity contribution in [1.29, 1.82) is 0 Å². The molecule has 1 aromatic rings. The fourth-order valence-electron chi connectivity index (χ4n) is 1.98. The number of hydrogen-bond acceptors (Lipinski definition) is 2. The van der Waals surface area contributed by atoms with Crippen molar-refractivity contribution in [2.45, 2.75) is 18.6 Å². The molecule has 1 saturated heterocycles. The summed E-state index contributed by atoms with van der Waals surface area (Å²) in [4.78, 5) is 24.2. The maximum absolute atomic E-state index is 12.6. The maximum Gasteiger partial charge on any atom is 0.416 e. The largest absolute Gasteiger partial charge is 0.416 e. The van der Waals surface area contributed by atoms with E-state index in [1.165, 1.54) is 26.1 Å². The molecule has 1 N–H and O–H groups in total. The molecular formula is C12H11F3N2O2. The van der Waals surface area contributed by atoms with Gasteiger partial charge in [-0.2, -0.15) is 13.2 Å². The zero-order chi connectivity index (χ0) is 14.4. The van der Waals surface area contributed by atoms with E-state index < -0.39 is 29.2 Å². The molecule has 1 atom stereocenters. The summed E-state index contributed by atoms with van der Waals surface area (Å²) in [6.07, 6.45) is -4.50. The molecule has 2 rings (SSSR count). The average Bonchev–Trinajstić information content (AvgIpc) is 2.54. The Kier molecular flexibility index (Phi) is 2.80. The van der Waals surface area contributed by atoms with Crippen LogP contribution in [0.25, 0.3) is 0 Å². The first kappa shape index (κ1) is 13.4. The van der Waals surface area contributed by atoms with Gasteiger partial charge in [-0.3, -0.25) is 9.69 Å². The quantitative estimate of drug-likeness (QED) is 0.796. The number of urea groups is 1. The van der Waals surface area contributed by atoms with Crippen molar-refractivity contribution in [2.75, 3.05) is 7.05 Å². The minimum absolute atomic E-state index is 0.102. The molecule has 0 aromatic heterocycles. The molecule has 1 aliphatic rings. The van der Waals surface area contributed by atoms with E-state index in [-0.39, 0.29) is 5.56 Å². The van der Waals surface area contributed by atoms with E-state index in [1.807, 2.05) is 0 Å². The van der Waals surface area contributed by atoms with Gasteiger partial charge in [0.2, 0.25) is 0 Å². The third-order valence-corrected chi connectivity index (χ3v) is 3.16. The Bertz CT molecular complexity index is 556. The van der Waals surface area contributed by atoms with E-state index in [2.05, 4.69) is 5.32 Å². The van der Waals surface area contributed by atoms with Crippen LogP contribution < -0.4 is 5.32 Å². The standard InChI is InChI=1S/C12H11F3N2O2/c1-11(9(18)17(2)10(19)16-11)7-4-3-5-8(6-7)12(13,14)15/h3-6H,1-2H3,(H,16,19). The highest BCUT2D eigenvalue weighted by Crippen LogP contribution is 2.34. The van der Waals surface area contributed by atoms with Gasteiger partial charge < -0.3 is 5.32 Å². The van der Waals surface area contributed by atoms with Gasteiger partial charge in [-0.15, -0.1) is 0 Å². The van der Waals surface area contributed by atoms with Crippen LogP contribution in [-0.4, -0.2) is 23.9 Å². The van der Waals surface area contributed by atoms with Crippen molar-refractivity contribution in [1.82, 2.24) is 10.2 Å². The molecule has 1 aromatic carbocycles. The predicted octanol–water partition coefficient (Wildman–Crippen LogP) is 2.10. The highest BCUT2D eigenvalue weighted by atomic mass is 19.4. The Morgan fingerprint density at radius 1 is 1.26 bits per heavy atom. The lowest BCUT2D eigenvalue weighted by atomic mass is 9.91. The number of rotatable bonds is 1. The van der Waals surface area contributed by atoms with Gasteiger partial charge in [0.15, 0.2) is 0 Å². The smallest absolute Gasteiger partial charge is 0.319 e. The highest BCUT2D eigenvalue weighted by molar-refractivity contribution is 6.06. The molecule has 1 aliphatic heterocycles. The number of nitrogens with zero attached hydrogens (tertiary/aromatic N) is 1. The van der Waals surface area contributed by atoms with E-state index in [9.17, 15) is 22.8 Å². The van der Waals surface area contributed by atoms with Gasteiger partial charge in [0.25, 0.3) is 5.91 Å². The Balaban J connectivity index is 2.48. The van der Waals surface area contributed by atoms with Crippen LogP contribution in [-0.2, 0) is 16.5 Å². The van der Waals surface area contributed by atoms with Gasteiger partial charge in [0.05, 0.1) is 5.56 Å². The van der Waals surface area contributed by atoms with Gasteiger partial charge in [-0.05, 0) is 24.6 Å². The summed E-state index contributed by atoms with van der Waals surface area (Å²) in [5.41, 5.74) is -2.22. The number of halogens is 3. The molecule has 1 heterocycles. The SMILES string of the molecule is CN1C(=O)NC(C)(c2cccc(C(F)(F)F)c2)C1=O. The fraction of sp³-hybridized carbons (Fsp3) is 0.333. The number of carbonyl (C=O) groups is 2. The summed E-state index contributed by atoms with van der Waals surface area (Å²) in [7, 11) is 1.27. The molecule has 4 nitrogen and oxygen atoms in total. The van der Waals surface area contributed by atoms with Crippen LogP contribution in [0.3, 0.4) is 0 Å². The van der Waals surface area contributed by atoms with Crippen molar-refractivity contribution < 1.29 is 22.8 Å². The Morgan fingerprint density at radius 2 is 1.89 bits per heavy atom. The molecule has 3 amide bonds. The molecule has 0 aliphatic carbocycles. The first-order valence-electron chi connectivity index (χ1n) is 5.44. The van der Waals surface area contributed by atoms with Gasteiger partial charge in [-0.1, -0.05) is 12.1 Å². The van der Waals surface area contributed by atoms with Crippen LogP contribution in [0.15, 0.2) is 24.3 Å². The molecule has 0 bridgehead atoms. The highest BCUT2D eigenvalue weighted by Gasteiger charge is 2.47. The summed E-state index contributed by atoms with van der Waals surface area (Å²) in [5.74, 6) is -0.586. The first-order valence-corrected chi connectivity index (χ1v) is 5.44. The van der Waals surface area contributed by atoms with Gasteiger partial charge in [0.1, 0.15) is 5.54 Å². The molecule has 7 heteroatoms. The second kappa shape index (κ2) is 3.97. The van der Waals surface area contributed by atoms with Crippen molar-refractivity contribution in [3.05, 3.63) is 35.4 Å². The molecule has 0 saturated carbocycles. The second-order valence-electron chi connectivity index (χ2n) is 4.50.